The first-order chi connectivity index (χ1) is 19.6. The first-order valence-electron chi connectivity index (χ1n) is 18.4. The number of ketones is 1. The van der Waals surface area contributed by atoms with Crippen LogP contribution in [0.15, 0.2) is 23.3 Å². The first-order valence-corrected chi connectivity index (χ1v) is 18.4. The second-order valence-electron chi connectivity index (χ2n) is 13.0. The van der Waals surface area contributed by atoms with Gasteiger partial charge in [-0.3, -0.25) is 4.79 Å². The molecule has 0 saturated heterocycles. The van der Waals surface area contributed by atoms with Gasteiger partial charge in [0.15, 0.2) is 0 Å². The van der Waals surface area contributed by atoms with E-state index in [0.29, 0.717) is 5.78 Å². The summed E-state index contributed by atoms with van der Waals surface area (Å²) in [5, 5.41) is 0. The maximum Gasteiger partial charge on any atom is 0.133 e. The third-order valence-electron chi connectivity index (χ3n) is 8.68. The van der Waals surface area contributed by atoms with Crippen LogP contribution in [0.4, 0.5) is 0 Å². The van der Waals surface area contributed by atoms with E-state index in [4.69, 9.17) is 0 Å². The second kappa shape index (κ2) is 32.7. The van der Waals surface area contributed by atoms with E-state index in [1.54, 1.807) is 0 Å². The minimum Gasteiger partial charge on any atom is -0.300 e. The maximum atomic E-state index is 12.3. The van der Waals surface area contributed by atoms with Gasteiger partial charge in [0.1, 0.15) is 5.78 Å². The van der Waals surface area contributed by atoms with Crippen LogP contribution in [-0.4, -0.2) is 5.78 Å². The fourth-order valence-electron chi connectivity index (χ4n) is 5.78. The van der Waals surface area contributed by atoms with Crippen molar-refractivity contribution in [2.75, 3.05) is 0 Å². The van der Waals surface area contributed by atoms with Gasteiger partial charge in [-0.2, -0.15) is 0 Å². The topological polar surface area (TPSA) is 17.1 Å². The van der Waals surface area contributed by atoms with Crippen LogP contribution in [0, 0.1) is 0 Å². The molecule has 0 amide bonds. The molecule has 0 spiro atoms. The van der Waals surface area contributed by atoms with Gasteiger partial charge in [-0.1, -0.05) is 178 Å². The summed E-state index contributed by atoms with van der Waals surface area (Å²) in [6.45, 7) is 9.09. The summed E-state index contributed by atoms with van der Waals surface area (Å²) >= 11 is 0. The van der Waals surface area contributed by atoms with Crippen LogP contribution in [0.1, 0.15) is 220 Å². The molecule has 1 nitrogen and oxygen atoms in total. The molecule has 0 aromatic carbocycles. The second-order valence-corrected chi connectivity index (χ2v) is 13.0. The number of carbonyl (C=O) groups is 1. The molecule has 0 atom stereocenters. The van der Waals surface area contributed by atoms with Crippen LogP contribution >= 0.6 is 0 Å². The van der Waals surface area contributed by atoms with Gasteiger partial charge in [-0.15, -0.1) is 0 Å². The summed E-state index contributed by atoms with van der Waals surface area (Å²) in [7, 11) is 0. The zero-order valence-electron chi connectivity index (χ0n) is 28.3. The molecule has 40 heavy (non-hydrogen) atoms. The van der Waals surface area contributed by atoms with E-state index in [1.807, 2.05) is 0 Å². The summed E-state index contributed by atoms with van der Waals surface area (Å²) in [5.41, 5.74) is 2.97. The summed E-state index contributed by atoms with van der Waals surface area (Å²) in [4.78, 5) is 12.3. The van der Waals surface area contributed by atoms with Gasteiger partial charge < -0.3 is 0 Å². The van der Waals surface area contributed by atoms with Crippen molar-refractivity contribution >= 4 is 5.78 Å². The Labute approximate surface area is 253 Å². The van der Waals surface area contributed by atoms with Gasteiger partial charge >= 0.3 is 0 Å². The third-order valence-corrected chi connectivity index (χ3v) is 8.68. The average molecular weight is 559 g/mol. The van der Waals surface area contributed by atoms with Crippen molar-refractivity contribution in [3.63, 3.8) is 0 Å². The van der Waals surface area contributed by atoms with Crippen LogP contribution in [-0.2, 0) is 4.79 Å². The fourth-order valence-corrected chi connectivity index (χ4v) is 5.78. The van der Waals surface area contributed by atoms with E-state index in [0.717, 1.165) is 25.7 Å². The van der Waals surface area contributed by atoms with Crippen LogP contribution < -0.4 is 0 Å². The largest absolute Gasteiger partial charge is 0.300 e. The zero-order valence-corrected chi connectivity index (χ0v) is 28.3. The van der Waals surface area contributed by atoms with E-state index < -0.39 is 0 Å². The average Bonchev–Trinajstić information content (AvgIpc) is 2.94. The standard InChI is InChI=1S/C39H74O/c1-5-7-9-11-13-15-17-19-21-23-25-27-31-37(3)33-29-35-39(40)36-30-34-38(4)32-28-26-24-22-20-18-16-14-12-10-8-6-2/h33-34H,5-32,35-36H2,1-4H3. The Morgan fingerprint density at radius 2 is 0.625 bits per heavy atom. The molecule has 0 rings (SSSR count). The van der Waals surface area contributed by atoms with Gasteiger partial charge in [-0.05, 0) is 52.4 Å². The maximum absolute atomic E-state index is 12.3. The predicted molar refractivity (Wildman–Crippen MR) is 182 cm³/mol. The number of hydrogen-bond acceptors (Lipinski definition) is 1. The van der Waals surface area contributed by atoms with Crippen LogP contribution in [0.3, 0.4) is 0 Å². The first kappa shape index (κ1) is 39.1. The van der Waals surface area contributed by atoms with Crippen LogP contribution in [0.25, 0.3) is 0 Å². The van der Waals surface area contributed by atoms with Crippen molar-refractivity contribution < 1.29 is 4.79 Å². The van der Waals surface area contributed by atoms with Crippen molar-refractivity contribution in [2.24, 2.45) is 0 Å². The molecule has 0 aliphatic heterocycles. The summed E-state index contributed by atoms with van der Waals surface area (Å²) < 4.78 is 0. The molecule has 0 aromatic heterocycles. The Hall–Kier alpha value is -0.850. The Morgan fingerprint density at radius 1 is 0.375 bits per heavy atom. The summed E-state index contributed by atoms with van der Waals surface area (Å²) in [6.07, 6.45) is 44.2. The number of hydrogen-bond donors (Lipinski definition) is 0. The molecule has 0 heterocycles. The molecule has 0 N–H and O–H groups in total. The normalized spacial score (nSPS) is 12.4. The lowest BCUT2D eigenvalue weighted by Crippen LogP contribution is -1.96. The number of carbonyl (C=O) groups excluding carboxylic acids is 1. The monoisotopic (exact) mass is 559 g/mol. The third kappa shape index (κ3) is 31.7. The SMILES string of the molecule is CCCCCCCCCCCCCCC(C)=CCCC(=O)CCC=C(C)CCCCCCCCCCCCCC. The molecule has 0 aromatic rings. The molecule has 0 radical (unpaired) electrons. The van der Waals surface area contributed by atoms with Crippen LogP contribution in [0.2, 0.25) is 0 Å². The number of allylic oxidation sites excluding steroid dienone is 4. The number of rotatable bonds is 32. The Balaban J connectivity index is 3.53. The van der Waals surface area contributed by atoms with E-state index in [-0.39, 0.29) is 0 Å². The Bertz CT molecular complexity index is 534. The van der Waals surface area contributed by atoms with E-state index >= 15 is 0 Å². The number of unbranched alkanes of at least 4 members (excludes halogenated alkanes) is 22. The zero-order chi connectivity index (χ0) is 29.4. The lowest BCUT2D eigenvalue weighted by molar-refractivity contribution is -0.118. The summed E-state index contributed by atoms with van der Waals surface area (Å²) in [5.74, 6) is 0.434. The highest BCUT2D eigenvalue weighted by molar-refractivity contribution is 5.78. The highest BCUT2D eigenvalue weighted by Crippen LogP contribution is 2.17. The van der Waals surface area contributed by atoms with Crippen LogP contribution in [0.5, 0.6) is 0 Å². The Kier molecular flexibility index (Phi) is 32.0. The molecule has 1 heteroatoms. The molecule has 0 fully saturated rings. The van der Waals surface area contributed by atoms with Crippen molar-refractivity contribution in [1.82, 2.24) is 0 Å². The lowest BCUT2D eigenvalue weighted by atomic mass is 10.0. The quantitative estimate of drug-likeness (QED) is 0.0592. The van der Waals surface area contributed by atoms with Crippen molar-refractivity contribution in [3.8, 4) is 0 Å². The van der Waals surface area contributed by atoms with E-state index in [9.17, 15) is 4.79 Å². The van der Waals surface area contributed by atoms with E-state index in [1.165, 1.54) is 178 Å². The molecule has 0 aliphatic rings. The van der Waals surface area contributed by atoms with Crippen molar-refractivity contribution in [3.05, 3.63) is 23.3 Å². The smallest absolute Gasteiger partial charge is 0.133 e. The van der Waals surface area contributed by atoms with Gasteiger partial charge in [0.05, 0.1) is 0 Å². The number of Topliss-reactive ketones (excluding diaryl/α,β-unsaturated/α-hetero) is 1. The minimum absolute atomic E-state index is 0.434. The highest BCUT2D eigenvalue weighted by Gasteiger charge is 2.01. The van der Waals surface area contributed by atoms with Crippen molar-refractivity contribution in [1.29, 1.82) is 0 Å². The Morgan fingerprint density at radius 3 is 0.900 bits per heavy atom. The molecular weight excluding hydrogens is 484 g/mol. The highest BCUT2D eigenvalue weighted by atomic mass is 16.1. The molecule has 0 bridgehead atoms. The van der Waals surface area contributed by atoms with Gasteiger partial charge in [-0.25, -0.2) is 0 Å². The minimum atomic E-state index is 0.434. The summed E-state index contributed by atoms with van der Waals surface area (Å²) in [6, 6.07) is 0. The lowest BCUT2D eigenvalue weighted by Gasteiger charge is -2.04. The molecule has 0 unspecified atom stereocenters. The molecule has 0 aliphatic carbocycles. The fraction of sp³-hybridized carbons (Fsp3) is 0.872. The van der Waals surface area contributed by atoms with Gasteiger partial charge in [0.2, 0.25) is 0 Å². The van der Waals surface area contributed by atoms with Gasteiger partial charge in [0, 0.05) is 12.8 Å². The predicted octanol–water partition coefficient (Wildman–Crippen LogP) is 14.2. The van der Waals surface area contributed by atoms with E-state index in [2.05, 4.69) is 39.8 Å². The molecule has 0 saturated carbocycles. The molecular formula is C39H74O. The van der Waals surface area contributed by atoms with Crippen molar-refractivity contribution in [2.45, 2.75) is 220 Å². The van der Waals surface area contributed by atoms with Gasteiger partial charge in [0.25, 0.3) is 0 Å². The molecule has 236 valence electrons.